The number of ketones is 1. The van der Waals surface area contributed by atoms with Crippen molar-refractivity contribution in [1.29, 1.82) is 0 Å². The molecule has 4 nitrogen and oxygen atoms in total. The molecule has 2 rings (SSSR count). The lowest BCUT2D eigenvalue weighted by molar-refractivity contribution is 0.104. The Morgan fingerprint density at radius 3 is 2.65 bits per heavy atom. The molecule has 4 heteroatoms. The summed E-state index contributed by atoms with van der Waals surface area (Å²) in [6, 6.07) is 7.12. The van der Waals surface area contributed by atoms with Crippen molar-refractivity contribution in [2.75, 3.05) is 27.2 Å². The molecule has 17 heavy (non-hydrogen) atoms. The highest BCUT2D eigenvalue weighted by Gasteiger charge is 2.13. The van der Waals surface area contributed by atoms with Crippen molar-refractivity contribution in [2.24, 2.45) is 0 Å². The molecular weight excluding hydrogens is 216 g/mol. The minimum Gasteiger partial charge on any atom is -0.497 e. The van der Waals surface area contributed by atoms with Gasteiger partial charge in [-0.3, -0.25) is 4.79 Å². The largest absolute Gasteiger partial charge is 0.497 e. The van der Waals surface area contributed by atoms with Crippen molar-refractivity contribution < 1.29 is 9.53 Å². The first-order valence-corrected chi connectivity index (χ1v) is 5.56. The number of allylic oxidation sites excluding steroid dienone is 1. The second-order valence-electron chi connectivity index (χ2n) is 3.97. The van der Waals surface area contributed by atoms with Crippen molar-refractivity contribution in [3.8, 4) is 5.75 Å². The van der Waals surface area contributed by atoms with Gasteiger partial charge in [0.15, 0.2) is 5.78 Å². The molecule has 1 aromatic rings. The fraction of sp³-hybridized carbons (Fsp3) is 0.308. The number of likely N-dealkylation sites (N-methyl/N-ethyl adjacent to an activating group) is 1. The van der Waals surface area contributed by atoms with Crippen molar-refractivity contribution in [1.82, 2.24) is 10.2 Å². The van der Waals surface area contributed by atoms with E-state index in [0.717, 1.165) is 24.7 Å². The number of rotatable bonds is 3. The summed E-state index contributed by atoms with van der Waals surface area (Å²) in [6.07, 6.45) is 1.63. The zero-order valence-corrected chi connectivity index (χ0v) is 10.1. The second kappa shape index (κ2) is 4.91. The van der Waals surface area contributed by atoms with E-state index in [0.29, 0.717) is 5.56 Å². The van der Waals surface area contributed by atoms with Crippen molar-refractivity contribution >= 4 is 5.78 Å². The van der Waals surface area contributed by atoms with Crippen LogP contribution in [0.25, 0.3) is 0 Å². The van der Waals surface area contributed by atoms with Crippen LogP contribution in [0.3, 0.4) is 0 Å². The maximum absolute atomic E-state index is 12.0. The van der Waals surface area contributed by atoms with E-state index >= 15 is 0 Å². The molecule has 0 aliphatic carbocycles. The van der Waals surface area contributed by atoms with Crippen LogP contribution in [0.15, 0.2) is 36.2 Å². The summed E-state index contributed by atoms with van der Waals surface area (Å²) >= 11 is 0. The molecule has 1 aliphatic rings. The number of nitrogens with one attached hydrogen (secondary N) is 1. The molecular formula is C13H16N2O2. The topological polar surface area (TPSA) is 41.6 Å². The SMILES string of the molecule is COc1ccc(C(=O)/C=C2/NCCN2C)cc1. The van der Waals surface area contributed by atoms with Gasteiger partial charge in [-0.05, 0) is 24.3 Å². The van der Waals surface area contributed by atoms with Gasteiger partial charge < -0.3 is 15.0 Å². The Kier molecular flexibility index (Phi) is 3.32. The zero-order valence-electron chi connectivity index (χ0n) is 10.1. The van der Waals surface area contributed by atoms with Crippen molar-refractivity contribution in [2.45, 2.75) is 0 Å². The highest BCUT2D eigenvalue weighted by Crippen LogP contribution is 2.13. The summed E-state index contributed by atoms with van der Waals surface area (Å²) in [5, 5.41) is 3.17. The smallest absolute Gasteiger partial charge is 0.189 e. The number of ether oxygens (including phenoxy) is 1. The van der Waals surface area contributed by atoms with Crippen LogP contribution in [0.1, 0.15) is 10.4 Å². The molecule has 90 valence electrons. The van der Waals surface area contributed by atoms with Crippen LogP contribution >= 0.6 is 0 Å². The molecule has 0 atom stereocenters. The fourth-order valence-corrected chi connectivity index (χ4v) is 1.73. The van der Waals surface area contributed by atoms with E-state index in [-0.39, 0.29) is 5.78 Å². The van der Waals surface area contributed by atoms with Gasteiger partial charge in [0.05, 0.1) is 7.11 Å². The van der Waals surface area contributed by atoms with E-state index in [9.17, 15) is 4.79 Å². The highest BCUT2D eigenvalue weighted by molar-refractivity contribution is 6.04. The molecule has 0 unspecified atom stereocenters. The monoisotopic (exact) mass is 232 g/mol. The second-order valence-corrected chi connectivity index (χ2v) is 3.97. The molecule has 1 saturated heterocycles. The number of hydrogen-bond acceptors (Lipinski definition) is 4. The van der Waals surface area contributed by atoms with E-state index < -0.39 is 0 Å². The first kappa shape index (κ1) is 11.5. The molecule has 0 radical (unpaired) electrons. The summed E-state index contributed by atoms with van der Waals surface area (Å²) in [5.74, 6) is 1.64. The third-order valence-corrected chi connectivity index (χ3v) is 2.81. The van der Waals surface area contributed by atoms with Crippen molar-refractivity contribution in [3.63, 3.8) is 0 Å². The van der Waals surface area contributed by atoms with Crippen LogP contribution in [0.2, 0.25) is 0 Å². The Hall–Kier alpha value is -1.97. The molecule has 0 spiro atoms. The molecule has 1 fully saturated rings. The summed E-state index contributed by atoms with van der Waals surface area (Å²) in [7, 11) is 3.57. The molecule has 0 amide bonds. The van der Waals surface area contributed by atoms with Gasteiger partial charge in [0.1, 0.15) is 11.6 Å². The van der Waals surface area contributed by atoms with E-state index in [1.165, 1.54) is 0 Å². The number of nitrogens with zero attached hydrogens (tertiary/aromatic N) is 1. The fourth-order valence-electron chi connectivity index (χ4n) is 1.73. The summed E-state index contributed by atoms with van der Waals surface area (Å²) in [4.78, 5) is 14.0. The number of hydrogen-bond donors (Lipinski definition) is 1. The molecule has 1 aromatic carbocycles. The summed E-state index contributed by atoms with van der Waals surface area (Å²) in [5.41, 5.74) is 0.667. The molecule has 1 N–H and O–H groups in total. The normalized spacial score (nSPS) is 17.1. The number of methoxy groups -OCH3 is 1. The van der Waals surface area contributed by atoms with Crippen LogP contribution in [-0.2, 0) is 0 Å². The quantitative estimate of drug-likeness (QED) is 0.629. The first-order valence-electron chi connectivity index (χ1n) is 5.56. The standard InChI is InChI=1S/C13H16N2O2/c1-15-8-7-14-13(15)9-12(16)10-3-5-11(17-2)6-4-10/h3-6,9,14H,7-8H2,1-2H3/b13-9-. The lowest BCUT2D eigenvalue weighted by Crippen LogP contribution is -2.15. The summed E-state index contributed by atoms with van der Waals surface area (Å²) < 4.78 is 5.05. The molecule has 1 heterocycles. The van der Waals surface area contributed by atoms with Crippen LogP contribution in [0, 0.1) is 0 Å². The third-order valence-electron chi connectivity index (χ3n) is 2.81. The number of carbonyl (C=O) groups excluding carboxylic acids is 1. The Morgan fingerprint density at radius 1 is 1.41 bits per heavy atom. The highest BCUT2D eigenvalue weighted by atomic mass is 16.5. The first-order chi connectivity index (χ1) is 8.20. The van der Waals surface area contributed by atoms with E-state index in [4.69, 9.17) is 4.74 Å². The molecule has 0 aromatic heterocycles. The average Bonchev–Trinajstić information content (AvgIpc) is 2.75. The predicted molar refractivity (Wildman–Crippen MR) is 66.0 cm³/mol. The number of benzene rings is 1. The van der Waals surface area contributed by atoms with Crippen LogP contribution in [0.5, 0.6) is 5.75 Å². The average molecular weight is 232 g/mol. The molecule has 0 saturated carbocycles. The van der Waals surface area contributed by atoms with Gasteiger partial charge in [-0.1, -0.05) is 0 Å². The Balaban J connectivity index is 2.14. The summed E-state index contributed by atoms with van der Waals surface area (Å²) in [6.45, 7) is 1.82. The van der Waals surface area contributed by atoms with Crippen LogP contribution < -0.4 is 10.1 Å². The van der Waals surface area contributed by atoms with E-state index in [1.807, 2.05) is 11.9 Å². The van der Waals surface area contributed by atoms with Crippen LogP contribution in [0.4, 0.5) is 0 Å². The Bertz CT molecular complexity index is 437. The van der Waals surface area contributed by atoms with Gasteiger partial charge >= 0.3 is 0 Å². The van der Waals surface area contributed by atoms with Gasteiger partial charge in [-0.15, -0.1) is 0 Å². The lowest BCUT2D eigenvalue weighted by Gasteiger charge is -2.10. The van der Waals surface area contributed by atoms with Gasteiger partial charge in [0.2, 0.25) is 0 Å². The molecule has 1 aliphatic heterocycles. The van der Waals surface area contributed by atoms with Gasteiger partial charge in [0, 0.05) is 31.8 Å². The zero-order chi connectivity index (χ0) is 12.3. The third kappa shape index (κ3) is 2.58. The van der Waals surface area contributed by atoms with E-state index in [1.54, 1.807) is 37.5 Å². The van der Waals surface area contributed by atoms with Crippen molar-refractivity contribution in [3.05, 3.63) is 41.7 Å². The predicted octanol–water partition coefficient (Wildman–Crippen LogP) is 1.25. The molecule has 0 bridgehead atoms. The minimum atomic E-state index is 0.00361. The van der Waals surface area contributed by atoms with Crippen LogP contribution in [-0.4, -0.2) is 37.9 Å². The lowest BCUT2D eigenvalue weighted by atomic mass is 10.1. The minimum absolute atomic E-state index is 0.00361. The van der Waals surface area contributed by atoms with Gasteiger partial charge in [0.25, 0.3) is 0 Å². The Morgan fingerprint density at radius 2 is 2.12 bits per heavy atom. The maximum atomic E-state index is 12.0. The number of carbonyl (C=O) groups is 1. The Labute approximate surface area is 101 Å². The van der Waals surface area contributed by atoms with E-state index in [2.05, 4.69) is 5.32 Å². The maximum Gasteiger partial charge on any atom is 0.189 e. The van der Waals surface area contributed by atoms with Gasteiger partial charge in [-0.25, -0.2) is 0 Å². The van der Waals surface area contributed by atoms with Gasteiger partial charge in [-0.2, -0.15) is 0 Å².